The third-order valence-corrected chi connectivity index (χ3v) is 7.27. The number of nitrogens with zero attached hydrogens (tertiary/aromatic N) is 1. The molecule has 3 heteroatoms. The van der Waals surface area contributed by atoms with E-state index in [-0.39, 0.29) is 0 Å². The molecule has 0 atom stereocenters. The summed E-state index contributed by atoms with van der Waals surface area (Å²) >= 11 is 0. The Bertz CT molecular complexity index is 336. The molecule has 0 aromatic heterocycles. The molecule has 0 amide bonds. The zero-order chi connectivity index (χ0) is 13.7. The maximum Gasteiger partial charge on any atom is 0.0480 e. The van der Waals surface area contributed by atoms with E-state index in [1.54, 1.807) is 0 Å². The lowest BCUT2D eigenvalue weighted by molar-refractivity contribution is -0.144. The van der Waals surface area contributed by atoms with Gasteiger partial charge in [-0.15, -0.1) is 0 Å². The molecule has 1 aliphatic heterocycles. The van der Waals surface area contributed by atoms with Crippen molar-refractivity contribution in [3.8, 4) is 0 Å². The molecule has 114 valence electrons. The lowest BCUT2D eigenvalue weighted by Crippen LogP contribution is -2.70. The Balaban J connectivity index is 1.62. The maximum absolute atomic E-state index is 6.42. The van der Waals surface area contributed by atoms with Crippen LogP contribution in [0.5, 0.6) is 0 Å². The number of likely N-dealkylation sites (N-methyl/N-ethyl adjacent to an activating group) is 1. The molecule has 5 rings (SSSR count). The highest BCUT2D eigenvalue weighted by atomic mass is 16.5. The minimum atomic E-state index is 0.315. The van der Waals surface area contributed by atoms with Gasteiger partial charge in [-0.1, -0.05) is 0 Å². The number of nitrogens with two attached hydrogens (primary N) is 1. The van der Waals surface area contributed by atoms with Gasteiger partial charge in [0.25, 0.3) is 0 Å². The van der Waals surface area contributed by atoms with Crippen molar-refractivity contribution in [2.75, 3.05) is 26.8 Å². The van der Waals surface area contributed by atoms with Gasteiger partial charge in [0.05, 0.1) is 0 Å². The standard InChI is InChI=1S/C17H30N2O/c1-19(16-2-4-20-5-3-16)17(11-18)14-7-12-6-13(9-14)10-15(17)8-12/h12-16H,2-11,18H2,1H3. The second-order valence-electron chi connectivity index (χ2n) is 7.95. The van der Waals surface area contributed by atoms with Gasteiger partial charge < -0.3 is 10.5 Å². The van der Waals surface area contributed by atoms with Crippen LogP contribution in [-0.4, -0.2) is 43.3 Å². The lowest BCUT2D eigenvalue weighted by Gasteiger charge is -2.65. The Morgan fingerprint density at radius 3 is 2.05 bits per heavy atom. The van der Waals surface area contributed by atoms with Crippen LogP contribution < -0.4 is 5.73 Å². The SMILES string of the molecule is CN(C1CCOCC1)C1(CN)C2CC3CC(C2)CC1C3. The Morgan fingerprint density at radius 2 is 1.55 bits per heavy atom. The monoisotopic (exact) mass is 278 g/mol. The summed E-state index contributed by atoms with van der Waals surface area (Å²) in [4.78, 5) is 2.74. The Labute approximate surface area is 123 Å². The van der Waals surface area contributed by atoms with Gasteiger partial charge in [0.15, 0.2) is 0 Å². The normalized spacial score (nSPS) is 48.1. The first-order valence-corrected chi connectivity index (χ1v) is 8.74. The van der Waals surface area contributed by atoms with E-state index in [4.69, 9.17) is 10.5 Å². The first-order chi connectivity index (χ1) is 9.74. The van der Waals surface area contributed by atoms with E-state index in [9.17, 15) is 0 Å². The van der Waals surface area contributed by atoms with Gasteiger partial charge in [0.1, 0.15) is 0 Å². The van der Waals surface area contributed by atoms with E-state index in [0.717, 1.165) is 43.4 Å². The van der Waals surface area contributed by atoms with E-state index in [0.29, 0.717) is 11.6 Å². The largest absolute Gasteiger partial charge is 0.381 e. The molecule has 0 aromatic carbocycles. The minimum Gasteiger partial charge on any atom is -0.381 e. The van der Waals surface area contributed by atoms with Crippen LogP contribution in [0.25, 0.3) is 0 Å². The molecule has 4 aliphatic carbocycles. The van der Waals surface area contributed by atoms with Crippen molar-refractivity contribution >= 4 is 0 Å². The summed E-state index contributed by atoms with van der Waals surface area (Å²) in [6.07, 6.45) is 9.74. The van der Waals surface area contributed by atoms with Crippen molar-refractivity contribution in [3.05, 3.63) is 0 Å². The summed E-state index contributed by atoms with van der Waals surface area (Å²) < 4.78 is 5.56. The summed E-state index contributed by atoms with van der Waals surface area (Å²) in [6.45, 7) is 2.75. The van der Waals surface area contributed by atoms with Crippen molar-refractivity contribution in [1.29, 1.82) is 0 Å². The molecule has 0 aromatic rings. The lowest BCUT2D eigenvalue weighted by atomic mass is 9.48. The fourth-order valence-corrected chi connectivity index (χ4v) is 6.47. The summed E-state index contributed by atoms with van der Waals surface area (Å²) in [5.74, 6) is 3.80. The smallest absolute Gasteiger partial charge is 0.0480 e. The number of hydrogen-bond acceptors (Lipinski definition) is 3. The van der Waals surface area contributed by atoms with Gasteiger partial charge in [0.2, 0.25) is 0 Å². The quantitative estimate of drug-likeness (QED) is 0.860. The molecule has 2 N–H and O–H groups in total. The highest BCUT2D eigenvalue weighted by Crippen LogP contribution is 2.60. The van der Waals surface area contributed by atoms with Gasteiger partial charge >= 0.3 is 0 Å². The fourth-order valence-electron chi connectivity index (χ4n) is 6.47. The van der Waals surface area contributed by atoms with Crippen molar-refractivity contribution in [2.24, 2.45) is 29.4 Å². The maximum atomic E-state index is 6.42. The van der Waals surface area contributed by atoms with Crippen molar-refractivity contribution in [2.45, 2.75) is 56.5 Å². The van der Waals surface area contributed by atoms with Crippen LogP contribution in [0.15, 0.2) is 0 Å². The average molecular weight is 278 g/mol. The molecule has 5 aliphatic rings. The average Bonchev–Trinajstić information content (AvgIpc) is 2.48. The number of hydrogen-bond donors (Lipinski definition) is 1. The molecular weight excluding hydrogens is 248 g/mol. The fraction of sp³-hybridized carbons (Fsp3) is 1.00. The predicted molar refractivity (Wildman–Crippen MR) is 80.4 cm³/mol. The molecule has 1 heterocycles. The first-order valence-electron chi connectivity index (χ1n) is 8.74. The molecule has 0 radical (unpaired) electrons. The van der Waals surface area contributed by atoms with Gasteiger partial charge in [0, 0.05) is 31.3 Å². The van der Waals surface area contributed by atoms with Gasteiger partial charge in [-0.05, 0) is 75.7 Å². The van der Waals surface area contributed by atoms with Crippen LogP contribution in [0.2, 0.25) is 0 Å². The van der Waals surface area contributed by atoms with Crippen molar-refractivity contribution in [1.82, 2.24) is 4.90 Å². The Hall–Kier alpha value is -0.120. The van der Waals surface area contributed by atoms with Gasteiger partial charge in [-0.3, -0.25) is 4.90 Å². The van der Waals surface area contributed by atoms with Gasteiger partial charge in [-0.25, -0.2) is 0 Å². The van der Waals surface area contributed by atoms with Crippen LogP contribution in [0.4, 0.5) is 0 Å². The predicted octanol–water partition coefficient (Wildman–Crippen LogP) is 2.25. The zero-order valence-electron chi connectivity index (χ0n) is 12.9. The number of rotatable bonds is 3. The molecular formula is C17H30N2O. The minimum absolute atomic E-state index is 0.315. The summed E-state index contributed by atoms with van der Waals surface area (Å²) in [7, 11) is 2.38. The molecule has 1 saturated heterocycles. The third kappa shape index (κ3) is 1.82. The highest BCUT2D eigenvalue weighted by Gasteiger charge is 2.59. The van der Waals surface area contributed by atoms with Crippen LogP contribution >= 0.6 is 0 Å². The Morgan fingerprint density at radius 1 is 1.00 bits per heavy atom. The van der Waals surface area contributed by atoms with E-state index in [1.807, 2.05) is 0 Å². The van der Waals surface area contributed by atoms with Crippen LogP contribution in [0, 0.1) is 23.7 Å². The molecule has 4 bridgehead atoms. The van der Waals surface area contributed by atoms with E-state index >= 15 is 0 Å². The summed E-state index contributed by atoms with van der Waals surface area (Å²) in [5, 5.41) is 0. The first kappa shape index (κ1) is 13.5. The summed E-state index contributed by atoms with van der Waals surface area (Å²) in [6, 6.07) is 0.699. The van der Waals surface area contributed by atoms with E-state index in [2.05, 4.69) is 11.9 Å². The second-order valence-corrected chi connectivity index (χ2v) is 7.95. The zero-order valence-corrected chi connectivity index (χ0v) is 12.9. The summed E-state index contributed by atoms with van der Waals surface area (Å²) in [5.41, 5.74) is 6.74. The van der Waals surface area contributed by atoms with Crippen LogP contribution in [0.1, 0.15) is 44.9 Å². The topological polar surface area (TPSA) is 38.5 Å². The van der Waals surface area contributed by atoms with Gasteiger partial charge in [-0.2, -0.15) is 0 Å². The van der Waals surface area contributed by atoms with Crippen molar-refractivity contribution in [3.63, 3.8) is 0 Å². The molecule has 4 saturated carbocycles. The molecule has 3 nitrogen and oxygen atoms in total. The van der Waals surface area contributed by atoms with Crippen molar-refractivity contribution < 1.29 is 4.74 Å². The Kier molecular flexibility index (Phi) is 3.36. The van der Waals surface area contributed by atoms with Crippen LogP contribution in [-0.2, 0) is 4.74 Å². The number of ether oxygens (including phenoxy) is 1. The highest BCUT2D eigenvalue weighted by molar-refractivity contribution is 5.13. The molecule has 0 unspecified atom stereocenters. The van der Waals surface area contributed by atoms with Crippen LogP contribution in [0.3, 0.4) is 0 Å². The molecule has 20 heavy (non-hydrogen) atoms. The van der Waals surface area contributed by atoms with E-state index in [1.165, 1.54) is 44.9 Å². The third-order valence-electron chi connectivity index (χ3n) is 7.27. The molecule has 5 fully saturated rings. The van der Waals surface area contributed by atoms with E-state index < -0.39 is 0 Å². The second kappa shape index (κ2) is 4.96. The molecule has 0 spiro atoms.